The van der Waals surface area contributed by atoms with Crippen molar-refractivity contribution < 1.29 is 4.79 Å². The maximum Gasteiger partial charge on any atom is 0.251 e. The fourth-order valence-electron chi connectivity index (χ4n) is 3.32. The number of nitrogens with one attached hydrogen (secondary N) is 2. The first-order valence-corrected chi connectivity index (χ1v) is 9.36. The van der Waals surface area contributed by atoms with Crippen molar-refractivity contribution >= 4 is 5.91 Å². The predicted octanol–water partition coefficient (Wildman–Crippen LogP) is 2.98. The lowest BCUT2D eigenvalue weighted by Crippen LogP contribution is -2.31. The Labute approximate surface area is 155 Å². The summed E-state index contributed by atoms with van der Waals surface area (Å²) in [4.78, 5) is 19.4. The molecule has 0 aliphatic carbocycles. The number of hydrogen-bond acceptors (Lipinski definition) is 4. The Morgan fingerprint density at radius 2 is 2.19 bits per heavy atom. The number of amides is 1. The molecule has 1 aliphatic rings. The minimum Gasteiger partial charge on any atom is -0.352 e. The van der Waals surface area contributed by atoms with E-state index in [2.05, 4.69) is 53.2 Å². The smallest absolute Gasteiger partial charge is 0.251 e. The Hall–Kier alpha value is -2.21. The number of H-pyrrole nitrogens is 1. The third kappa shape index (κ3) is 4.30. The average molecular weight is 355 g/mol. The molecule has 0 spiro atoms. The van der Waals surface area contributed by atoms with E-state index in [1.165, 1.54) is 12.8 Å². The first-order valence-electron chi connectivity index (χ1n) is 9.36. The molecular formula is C20H29N5O. The van der Waals surface area contributed by atoms with Crippen LogP contribution in [0, 0.1) is 0 Å². The molecule has 3 rings (SSSR count). The van der Waals surface area contributed by atoms with Gasteiger partial charge in [0.25, 0.3) is 5.91 Å². The lowest BCUT2D eigenvalue weighted by Gasteiger charge is -2.19. The number of carbonyl (C=O) groups excluding carboxylic acids is 1. The summed E-state index contributed by atoms with van der Waals surface area (Å²) in [6.45, 7) is 8.12. The summed E-state index contributed by atoms with van der Waals surface area (Å²) in [7, 11) is 2.16. The van der Waals surface area contributed by atoms with Crippen molar-refractivity contribution in [2.24, 2.45) is 0 Å². The van der Waals surface area contributed by atoms with E-state index in [0.29, 0.717) is 24.0 Å². The molecule has 0 saturated carbocycles. The number of nitrogens with zero attached hydrogens (tertiary/aromatic N) is 3. The predicted molar refractivity (Wildman–Crippen MR) is 103 cm³/mol. The van der Waals surface area contributed by atoms with Gasteiger partial charge in [0.2, 0.25) is 0 Å². The summed E-state index contributed by atoms with van der Waals surface area (Å²) in [5, 5.41) is 10.3. The zero-order chi connectivity index (χ0) is 18.7. The monoisotopic (exact) mass is 355 g/mol. The molecule has 140 valence electrons. The maximum absolute atomic E-state index is 12.5. The van der Waals surface area contributed by atoms with Gasteiger partial charge in [0.1, 0.15) is 5.82 Å². The second-order valence-electron chi connectivity index (χ2n) is 8.16. The van der Waals surface area contributed by atoms with Gasteiger partial charge >= 0.3 is 0 Å². The van der Waals surface area contributed by atoms with E-state index < -0.39 is 0 Å². The Balaban J connectivity index is 1.63. The number of aromatic nitrogens is 3. The van der Waals surface area contributed by atoms with Gasteiger partial charge in [-0.05, 0) is 45.0 Å². The van der Waals surface area contributed by atoms with Crippen LogP contribution in [0.2, 0.25) is 0 Å². The van der Waals surface area contributed by atoms with Crippen LogP contribution in [-0.4, -0.2) is 52.2 Å². The van der Waals surface area contributed by atoms with E-state index in [-0.39, 0.29) is 11.3 Å². The summed E-state index contributed by atoms with van der Waals surface area (Å²) in [6, 6.07) is 8.08. The molecule has 1 saturated heterocycles. The van der Waals surface area contributed by atoms with Crippen LogP contribution >= 0.6 is 0 Å². The second kappa shape index (κ2) is 7.58. The van der Waals surface area contributed by atoms with Gasteiger partial charge in [-0.15, -0.1) is 0 Å². The van der Waals surface area contributed by atoms with Crippen molar-refractivity contribution in [1.29, 1.82) is 0 Å². The van der Waals surface area contributed by atoms with Crippen molar-refractivity contribution in [3.8, 4) is 11.4 Å². The molecule has 2 N–H and O–H groups in total. The summed E-state index contributed by atoms with van der Waals surface area (Å²) in [5.74, 6) is 1.42. The molecule has 0 radical (unpaired) electrons. The largest absolute Gasteiger partial charge is 0.352 e. The van der Waals surface area contributed by atoms with E-state index in [4.69, 9.17) is 0 Å². The molecular weight excluding hydrogens is 326 g/mol. The highest BCUT2D eigenvalue weighted by atomic mass is 16.1. The van der Waals surface area contributed by atoms with Crippen LogP contribution in [0.4, 0.5) is 0 Å². The number of hydrogen-bond donors (Lipinski definition) is 2. The highest BCUT2D eigenvalue weighted by Gasteiger charge is 2.21. The van der Waals surface area contributed by atoms with Crippen LogP contribution in [0.5, 0.6) is 0 Å². The number of rotatable bonds is 5. The third-order valence-corrected chi connectivity index (χ3v) is 5.01. The van der Waals surface area contributed by atoms with E-state index in [1.54, 1.807) is 0 Å². The topological polar surface area (TPSA) is 73.9 Å². The number of aromatic amines is 1. The molecule has 1 aliphatic heterocycles. The zero-order valence-electron chi connectivity index (χ0n) is 16.2. The standard InChI is InChI=1S/C20H29N5O/c1-20(2,3)19-22-17(23-24-19)14-7-5-8-15(13-14)18(26)21-11-10-16-9-6-12-25(16)4/h5,7-8,13,16H,6,9-12H2,1-4H3,(H,21,26)(H,22,23,24)/t16-/m1/s1. The number of carbonyl (C=O) groups is 1. The van der Waals surface area contributed by atoms with E-state index in [1.807, 2.05) is 24.3 Å². The molecule has 26 heavy (non-hydrogen) atoms. The highest BCUT2D eigenvalue weighted by Crippen LogP contribution is 2.22. The first kappa shape index (κ1) is 18.6. The summed E-state index contributed by atoms with van der Waals surface area (Å²) >= 11 is 0. The van der Waals surface area contributed by atoms with Crippen LogP contribution in [0.1, 0.15) is 56.2 Å². The molecule has 1 aromatic heterocycles. The SMILES string of the molecule is CN1CCC[C@@H]1CCNC(=O)c1cccc(-c2n[nH]c(C(C)(C)C)n2)c1. The van der Waals surface area contributed by atoms with E-state index in [0.717, 1.165) is 24.4 Å². The van der Waals surface area contributed by atoms with Crippen molar-refractivity contribution in [2.45, 2.75) is 51.5 Å². The fraction of sp³-hybridized carbons (Fsp3) is 0.550. The molecule has 1 atom stereocenters. The van der Waals surface area contributed by atoms with Crippen LogP contribution in [0.3, 0.4) is 0 Å². The lowest BCUT2D eigenvalue weighted by atomic mass is 9.96. The van der Waals surface area contributed by atoms with Crippen molar-refractivity contribution in [3.05, 3.63) is 35.7 Å². The molecule has 2 aromatic rings. The second-order valence-corrected chi connectivity index (χ2v) is 8.16. The highest BCUT2D eigenvalue weighted by molar-refractivity contribution is 5.95. The minimum atomic E-state index is -0.0896. The van der Waals surface area contributed by atoms with Crippen molar-refractivity contribution in [3.63, 3.8) is 0 Å². The normalized spacial score (nSPS) is 18.2. The molecule has 6 heteroatoms. The molecule has 6 nitrogen and oxygen atoms in total. The van der Waals surface area contributed by atoms with Crippen molar-refractivity contribution in [2.75, 3.05) is 20.1 Å². The summed E-state index contributed by atoms with van der Waals surface area (Å²) in [5.41, 5.74) is 1.40. The number of likely N-dealkylation sites (tertiary alicyclic amines) is 1. The van der Waals surface area contributed by atoms with Gasteiger partial charge in [0, 0.05) is 29.1 Å². The van der Waals surface area contributed by atoms with Crippen LogP contribution in [0.25, 0.3) is 11.4 Å². The van der Waals surface area contributed by atoms with Gasteiger partial charge in [0.05, 0.1) is 0 Å². The lowest BCUT2D eigenvalue weighted by molar-refractivity contribution is 0.0950. The molecule has 0 bridgehead atoms. The minimum absolute atomic E-state index is 0.0425. The molecule has 2 heterocycles. The van der Waals surface area contributed by atoms with Gasteiger partial charge in [-0.2, -0.15) is 5.10 Å². The van der Waals surface area contributed by atoms with Gasteiger partial charge in [-0.25, -0.2) is 4.98 Å². The van der Waals surface area contributed by atoms with Gasteiger partial charge in [0.15, 0.2) is 5.82 Å². The average Bonchev–Trinajstić information content (AvgIpc) is 3.24. The quantitative estimate of drug-likeness (QED) is 0.865. The maximum atomic E-state index is 12.5. The zero-order valence-corrected chi connectivity index (χ0v) is 16.2. The molecule has 0 unspecified atom stereocenters. The van der Waals surface area contributed by atoms with Crippen molar-refractivity contribution in [1.82, 2.24) is 25.4 Å². The molecule has 1 amide bonds. The Morgan fingerprint density at radius 1 is 1.38 bits per heavy atom. The van der Waals surface area contributed by atoms with Crippen LogP contribution < -0.4 is 5.32 Å². The van der Waals surface area contributed by atoms with Crippen LogP contribution in [0.15, 0.2) is 24.3 Å². The Morgan fingerprint density at radius 3 is 2.85 bits per heavy atom. The summed E-state index contributed by atoms with van der Waals surface area (Å²) in [6.07, 6.45) is 3.48. The van der Waals surface area contributed by atoms with Gasteiger partial charge in [-0.1, -0.05) is 32.9 Å². The molecule has 1 fully saturated rings. The summed E-state index contributed by atoms with van der Waals surface area (Å²) < 4.78 is 0. The van der Waals surface area contributed by atoms with Gasteiger partial charge in [-0.3, -0.25) is 9.89 Å². The fourth-order valence-corrected chi connectivity index (χ4v) is 3.32. The first-order chi connectivity index (χ1) is 12.3. The molecule has 1 aromatic carbocycles. The van der Waals surface area contributed by atoms with Crippen LogP contribution in [-0.2, 0) is 5.41 Å². The van der Waals surface area contributed by atoms with Gasteiger partial charge < -0.3 is 10.2 Å². The van der Waals surface area contributed by atoms with E-state index in [9.17, 15) is 4.79 Å². The third-order valence-electron chi connectivity index (χ3n) is 5.01. The van der Waals surface area contributed by atoms with E-state index >= 15 is 0 Å². The number of benzene rings is 1. The Bertz CT molecular complexity index is 762. The Kier molecular flexibility index (Phi) is 5.41.